The van der Waals surface area contributed by atoms with Gasteiger partial charge in [0.1, 0.15) is 11.3 Å². The molecule has 22 heavy (non-hydrogen) atoms. The van der Waals surface area contributed by atoms with E-state index >= 15 is 0 Å². The topological polar surface area (TPSA) is 86.5 Å². The highest BCUT2D eigenvalue weighted by atomic mass is 16.4. The zero-order chi connectivity index (χ0) is 15.7. The number of fused-ring (bicyclic) bond motifs is 1. The fraction of sp³-hybridized carbons (Fsp3) is 0.0625. The minimum absolute atomic E-state index is 0.0130. The second kappa shape index (κ2) is 5.33. The van der Waals surface area contributed by atoms with Crippen LogP contribution in [0.4, 0.5) is 5.69 Å². The fourth-order valence-electron chi connectivity index (χ4n) is 2.17. The molecule has 0 spiro atoms. The van der Waals surface area contributed by atoms with Crippen molar-refractivity contribution in [3.63, 3.8) is 0 Å². The van der Waals surface area contributed by atoms with E-state index in [1.807, 2.05) is 6.07 Å². The van der Waals surface area contributed by atoms with Gasteiger partial charge in [-0.25, -0.2) is 4.98 Å². The van der Waals surface area contributed by atoms with Crippen LogP contribution >= 0.6 is 0 Å². The van der Waals surface area contributed by atoms with E-state index in [0.29, 0.717) is 17.0 Å². The average molecular weight is 294 g/mol. The number of hydrogen-bond donors (Lipinski definition) is 1. The highest BCUT2D eigenvalue weighted by molar-refractivity contribution is 6.04. The van der Waals surface area contributed by atoms with Gasteiger partial charge in [0.05, 0.1) is 12.2 Å². The van der Waals surface area contributed by atoms with Crippen LogP contribution in [-0.2, 0) is 0 Å². The maximum absolute atomic E-state index is 12.4. The van der Waals surface area contributed by atoms with E-state index < -0.39 is 5.97 Å². The van der Waals surface area contributed by atoms with E-state index in [2.05, 4.69) is 10.3 Å². The van der Waals surface area contributed by atoms with E-state index in [9.17, 15) is 14.7 Å². The molecular formula is C16H12N3O3-. The largest absolute Gasteiger partial charge is 0.545 e. The number of hydrogen-bond acceptors (Lipinski definition) is 4. The van der Waals surface area contributed by atoms with Crippen molar-refractivity contribution in [2.24, 2.45) is 0 Å². The van der Waals surface area contributed by atoms with Gasteiger partial charge in [0.25, 0.3) is 5.91 Å². The van der Waals surface area contributed by atoms with Gasteiger partial charge in [-0.05, 0) is 36.2 Å². The smallest absolute Gasteiger partial charge is 0.274 e. The minimum Gasteiger partial charge on any atom is -0.545 e. The lowest BCUT2D eigenvalue weighted by Crippen LogP contribution is -2.23. The van der Waals surface area contributed by atoms with E-state index in [0.717, 1.165) is 5.56 Å². The summed E-state index contributed by atoms with van der Waals surface area (Å²) >= 11 is 0. The van der Waals surface area contributed by atoms with Crippen molar-refractivity contribution in [2.75, 3.05) is 5.32 Å². The first-order valence-electron chi connectivity index (χ1n) is 6.61. The molecule has 0 aliphatic heterocycles. The molecule has 1 N–H and O–H groups in total. The van der Waals surface area contributed by atoms with E-state index in [4.69, 9.17) is 0 Å². The number of aromatic nitrogens is 2. The molecule has 6 nitrogen and oxygen atoms in total. The van der Waals surface area contributed by atoms with Gasteiger partial charge < -0.3 is 15.2 Å². The first kappa shape index (κ1) is 13.8. The number of carboxylic acid groups (broad SMARTS) is 1. The third kappa shape index (κ3) is 2.42. The summed E-state index contributed by atoms with van der Waals surface area (Å²) in [6.45, 7) is 1.78. The lowest BCUT2D eigenvalue weighted by Gasteiger charge is -2.11. The van der Waals surface area contributed by atoms with Gasteiger partial charge in [-0.3, -0.25) is 9.20 Å². The van der Waals surface area contributed by atoms with Crippen molar-refractivity contribution >= 4 is 23.2 Å². The first-order chi connectivity index (χ1) is 10.6. The number of nitrogens with one attached hydrogen (secondary N) is 1. The SMILES string of the molecule is Cc1ccc(C(=O)[O-])cc1NC(=O)c1cnc2ccccn12. The van der Waals surface area contributed by atoms with Crippen molar-refractivity contribution in [1.82, 2.24) is 9.38 Å². The predicted octanol–water partition coefficient (Wildman–Crippen LogP) is 1.26. The molecule has 0 fully saturated rings. The van der Waals surface area contributed by atoms with Gasteiger partial charge in [-0.15, -0.1) is 0 Å². The van der Waals surface area contributed by atoms with Crippen LogP contribution < -0.4 is 10.4 Å². The average Bonchev–Trinajstić information content (AvgIpc) is 2.93. The van der Waals surface area contributed by atoms with Crippen molar-refractivity contribution in [3.8, 4) is 0 Å². The summed E-state index contributed by atoms with van der Waals surface area (Å²) in [5.41, 5.74) is 2.23. The van der Waals surface area contributed by atoms with Gasteiger partial charge in [-0.1, -0.05) is 18.2 Å². The molecule has 0 atom stereocenters. The van der Waals surface area contributed by atoms with Gasteiger partial charge in [-0.2, -0.15) is 0 Å². The van der Waals surface area contributed by atoms with Crippen LogP contribution in [0, 0.1) is 6.92 Å². The molecule has 110 valence electrons. The molecule has 0 radical (unpaired) electrons. The summed E-state index contributed by atoms with van der Waals surface area (Å²) in [5, 5.41) is 13.6. The maximum atomic E-state index is 12.4. The Labute approximate surface area is 126 Å². The Morgan fingerprint density at radius 1 is 1.23 bits per heavy atom. The molecule has 3 aromatic rings. The number of rotatable bonds is 3. The molecule has 2 aromatic heterocycles. The standard InChI is InChI=1S/C16H13N3O3/c1-10-5-6-11(16(21)22)8-12(10)18-15(20)13-9-17-14-4-2-3-7-19(13)14/h2-9H,1H3,(H,18,20)(H,21,22)/p-1. The van der Waals surface area contributed by atoms with Gasteiger partial charge in [0, 0.05) is 11.9 Å². The summed E-state index contributed by atoms with van der Waals surface area (Å²) in [4.78, 5) is 27.5. The lowest BCUT2D eigenvalue weighted by atomic mass is 10.1. The summed E-state index contributed by atoms with van der Waals surface area (Å²) in [5.74, 6) is -1.65. The normalized spacial score (nSPS) is 10.6. The minimum atomic E-state index is -1.29. The second-order valence-corrected chi connectivity index (χ2v) is 4.84. The Morgan fingerprint density at radius 2 is 2.05 bits per heavy atom. The zero-order valence-electron chi connectivity index (χ0n) is 11.7. The molecule has 0 bridgehead atoms. The Balaban J connectivity index is 1.94. The number of carboxylic acids is 1. The Morgan fingerprint density at radius 3 is 2.82 bits per heavy atom. The zero-order valence-corrected chi connectivity index (χ0v) is 11.7. The Hall–Kier alpha value is -3.15. The molecule has 0 unspecified atom stereocenters. The van der Waals surface area contributed by atoms with Crippen molar-refractivity contribution in [3.05, 3.63) is 65.6 Å². The Bertz CT molecular complexity index is 883. The summed E-state index contributed by atoms with van der Waals surface area (Å²) < 4.78 is 1.66. The van der Waals surface area contributed by atoms with Gasteiger partial charge >= 0.3 is 0 Å². The molecule has 2 heterocycles. The summed E-state index contributed by atoms with van der Waals surface area (Å²) in [6.07, 6.45) is 3.21. The molecule has 1 amide bonds. The third-order valence-corrected chi connectivity index (χ3v) is 3.37. The quantitative estimate of drug-likeness (QED) is 0.788. The van der Waals surface area contributed by atoms with Crippen LogP contribution in [0.3, 0.4) is 0 Å². The molecule has 6 heteroatoms. The lowest BCUT2D eigenvalue weighted by molar-refractivity contribution is -0.255. The number of nitrogens with zero attached hydrogens (tertiary/aromatic N) is 2. The van der Waals surface area contributed by atoms with Crippen molar-refractivity contribution in [2.45, 2.75) is 6.92 Å². The first-order valence-corrected chi connectivity index (χ1v) is 6.61. The molecule has 0 aliphatic carbocycles. The molecular weight excluding hydrogens is 282 g/mol. The molecule has 0 aliphatic rings. The van der Waals surface area contributed by atoms with Crippen LogP contribution in [0.1, 0.15) is 26.4 Å². The highest BCUT2D eigenvalue weighted by Gasteiger charge is 2.13. The Kier molecular flexibility index (Phi) is 3.34. The van der Waals surface area contributed by atoms with E-state index in [-0.39, 0.29) is 11.5 Å². The van der Waals surface area contributed by atoms with Crippen LogP contribution in [0.25, 0.3) is 5.65 Å². The third-order valence-electron chi connectivity index (χ3n) is 3.37. The number of pyridine rings is 1. The fourth-order valence-corrected chi connectivity index (χ4v) is 2.17. The number of imidazole rings is 1. The monoisotopic (exact) mass is 294 g/mol. The predicted molar refractivity (Wildman–Crippen MR) is 78.7 cm³/mol. The van der Waals surface area contributed by atoms with Crippen LogP contribution in [0.5, 0.6) is 0 Å². The van der Waals surface area contributed by atoms with Crippen LogP contribution in [-0.4, -0.2) is 21.3 Å². The molecule has 1 aromatic carbocycles. The van der Waals surface area contributed by atoms with Crippen molar-refractivity contribution in [1.29, 1.82) is 0 Å². The summed E-state index contributed by atoms with van der Waals surface area (Å²) in [7, 11) is 0. The number of carbonyl (C=O) groups excluding carboxylic acids is 2. The van der Waals surface area contributed by atoms with Gasteiger partial charge in [0.15, 0.2) is 0 Å². The number of anilines is 1. The highest BCUT2D eigenvalue weighted by Crippen LogP contribution is 2.18. The molecule has 3 rings (SSSR count). The van der Waals surface area contributed by atoms with Gasteiger partial charge in [0.2, 0.25) is 0 Å². The van der Waals surface area contributed by atoms with Crippen LogP contribution in [0.2, 0.25) is 0 Å². The summed E-state index contributed by atoms with van der Waals surface area (Å²) in [6, 6.07) is 9.86. The van der Waals surface area contributed by atoms with E-state index in [1.54, 1.807) is 35.7 Å². The number of carbonyl (C=O) groups is 2. The number of aromatic carboxylic acids is 1. The molecule has 0 saturated heterocycles. The van der Waals surface area contributed by atoms with Crippen molar-refractivity contribution < 1.29 is 14.7 Å². The maximum Gasteiger partial charge on any atom is 0.274 e. The number of amides is 1. The van der Waals surface area contributed by atoms with E-state index in [1.165, 1.54) is 18.3 Å². The molecule has 0 saturated carbocycles. The second-order valence-electron chi connectivity index (χ2n) is 4.84. The van der Waals surface area contributed by atoms with Crippen LogP contribution in [0.15, 0.2) is 48.8 Å². The number of benzene rings is 1. The number of aryl methyl sites for hydroxylation is 1.